The number of benzene rings is 3. The molecule has 0 radical (unpaired) electrons. The highest BCUT2D eigenvalue weighted by molar-refractivity contribution is 6.02. The van der Waals surface area contributed by atoms with Crippen molar-refractivity contribution < 1.29 is 23.8 Å². The van der Waals surface area contributed by atoms with Crippen molar-refractivity contribution in [3.63, 3.8) is 0 Å². The van der Waals surface area contributed by atoms with Crippen LogP contribution in [0.5, 0.6) is 17.2 Å². The van der Waals surface area contributed by atoms with Gasteiger partial charge in [0.25, 0.3) is 0 Å². The smallest absolute Gasteiger partial charge is 0.308 e. The molecule has 1 heterocycles. The number of ether oxygens (including phenoxy) is 3. The maximum absolute atomic E-state index is 12.7. The first-order valence-electron chi connectivity index (χ1n) is 13.3. The van der Waals surface area contributed by atoms with Gasteiger partial charge in [0.15, 0.2) is 11.5 Å². The number of methoxy groups -OCH3 is 1. The third-order valence-corrected chi connectivity index (χ3v) is 7.03. The molecule has 0 saturated carbocycles. The van der Waals surface area contributed by atoms with Crippen LogP contribution in [0.25, 0.3) is 6.08 Å². The average Bonchev–Trinajstić information content (AvgIpc) is 2.96. The minimum Gasteiger partial charge on any atom is -0.493 e. The van der Waals surface area contributed by atoms with Crippen molar-refractivity contribution in [3.05, 3.63) is 89.5 Å². The number of rotatable bonds is 10. The van der Waals surface area contributed by atoms with Crippen molar-refractivity contribution in [2.45, 2.75) is 39.2 Å². The Hall–Kier alpha value is -4.10. The molecule has 7 nitrogen and oxygen atoms in total. The number of amides is 1. The maximum atomic E-state index is 12.7. The zero-order valence-electron chi connectivity index (χ0n) is 22.7. The van der Waals surface area contributed by atoms with E-state index in [1.807, 2.05) is 36.4 Å². The van der Waals surface area contributed by atoms with Crippen LogP contribution in [0.3, 0.4) is 0 Å². The van der Waals surface area contributed by atoms with Crippen LogP contribution in [0.2, 0.25) is 0 Å². The van der Waals surface area contributed by atoms with Crippen LogP contribution in [0.1, 0.15) is 49.3 Å². The number of carbonyl (C=O) groups is 2. The van der Waals surface area contributed by atoms with E-state index >= 15 is 0 Å². The largest absolute Gasteiger partial charge is 0.493 e. The molecule has 3 aromatic rings. The Morgan fingerprint density at radius 3 is 2.49 bits per heavy atom. The predicted molar refractivity (Wildman–Crippen MR) is 153 cm³/mol. The first kappa shape index (κ1) is 27.9. The molecule has 2 N–H and O–H groups in total. The third kappa shape index (κ3) is 7.94. The molecule has 7 heteroatoms. The van der Waals surface area contributed by atoms with E-state index in [0.717, 1.165) is 24.4 Å². The molecule has 204 valence electrons. The number of esters is 1. The van der Waals surface area contributed by atoms with Gasteiger partial charge in [-0.15, -0.1) is 0 Å². The lowest BCUT2D eigenvalue weighted by Crippen LogP contribution is -2.30. The molecule has 1 amide bonds. The Balaban J connectivity index is 1.35. The van der Waals surface area contributed by atoms with Gasteiger partial charge in [-0.3, -0.25) is 9.59 Å². The normalized spacial score (nSPS) is 14.5. The highest BCUT2D eigenvalue weighted by Gasteiger charge is 2.21. The Morgan fingerprint density at radius 1 is 1.03 bits per heavy atom. The van der Waals surface area contributed by atoms with Crippen molar-refractivity contribution in [2.24, 2.45) is 5.92 Å². The number of nitrogens with one attached hydrogen (secondary N) is 2. The van der Waals surface area contributed by atoms with E-state index in [1.165, 1.54) is 38.5 Å². The van der Waals surface area contributed by atoms with Gasteiger partial charge in [-0.2, -0.15) is 0 Å². The van der Waals surface area contributed by atoms with E-state index in [1.54, 1.807) is 24.3 Å². The van der Waals surface area contributed by atoms with Gasteiger partial charge in [0, 0.05) is 24.3 Å². The number of carbonyl (C=O) groups excluding carboxylic acids is 2. The minimum absolute atomic E-state index is 0.288. The van der Waals surface area contributed by atoms with Gasteiger partial charge < -0.3 is 24.8 Å². The molecule has 1 saturated heterocycles. The van der Waals surface area contributed by atoms with Crippen LogP contribution in [-0.4, -0.2) is 32.1 Å². The SMILES string of the molecule is COc1ccc(C=CC(=O)Nc2ccccc2COc2ccc(C(C)C3CCNCC3)cc2)cc1OC(C)=O. The molecule has 0 bridgehead atoms. The second kappa shape index (κ2) is 13.6. The zero-order valence-corrected chi connectivity index (χ0v) is 22.7. The van der Waals surface area contributed by atoms with Crippen LogP contribution in [-0.2, 0) is 16.2 Å². The maximum Gasteiger partial charge on any atom is 0.308 e. The van der Waals surface area contributed by atoms with E-state index in [4.69, 9.17) is 14.2 Å². The molecule has 1 aliphatic heterocycles. The summed E-state index contributed by atoms with van der Waals surface area (Å²) in [6, 6.07) is 21.0. The molecule has 1 atom stereocenters. The molecular weight excluding hydrogens is 492 g/mol. The summed E-state index contributed by atoms with van der Waals surface area (Å²) in [5.74, 6) is 2.02. The van der Waals surface area contributed by atoms with E-state index in [9.17, 15) is 9.59 Å². The van der Waals surface area contributed by atoms with Crippen LogP contribution in [0, 0.1) is 5.92 Å². The second-order valence-electron chi connectivity index (χ2n) is 9.72. The van der Waals surface area contributed by atoms with Gasteiger partial charge in [0.1, 0.15) is 12.4 Å². The molecule has 39 heavy (non-hydrogen) atoms. The molecule has 3 aromatic carbocycles. The Bertz CT molecular complexity index is 1300. The highest BCUT2D eigenvalue weighted by Crippen LogP contribution is 2.32. The van der Waals surface area contributed by atoms with Gasteiger partial charge in [0.05, 0.1) is 7.11 Å². The predicted octanol–water partition coefficient (Wildman–Crippen LogP) is 5.95. The molecular formula is C32H36N2O5. The summed E-state index contributed by atoms with van der Waals surface area (Å²) in [5, 5.41) is 6.36. The molecule has 0 spiro atoms. The summed E-state index contributed by atoms with van der Waals surface area (Å²) >= 11 is 0. The summed E-state index contributed by atoms with van der Waals surface area (Å²) in [6.07, 6.45) is 5.51. The van der Waals surface area contributed by atoms with E-state index < -0.39 is 5.97 Å². The van der Waals surface area contributed by atoms with Crippen molar-refractivity contribution in [3.8, 4) is 17.2 Å². The summed E-state index contributed by atoms with van der Waals surface area (Å²) in [7, 11) is 1.50. The van der Waals surface area contributed by atoms with Crippen LogP contribution in [0.4, 0.5) is 5.69 Å². The number of piperidine rings is 1. The van der Waals surface area contributed by atoms with Crippen LogP contribution < -0.4 is 24.8 Å². The zero-order chi connectivity index (χ0) is 27.6. The standard InChI is InChI=1S/C32H36N2O5/c1-22(26-16-18-33-19-17-26)25-10-12-28(13-11-25)38-21-27-6-4-5-7-29(27)34-32(36)15-9-24-8-14-30(37-3)31(20-24)39-23(2)35/h4-15,20,22,26,33H,16-19,21H2,1-3H3,(H,34,36). The molecule has 0 aliphatic carbocycles. The summed E-state index contributed by atoms with van der Waals surface area (Å²) in [4.78, 5) is 24.0. The summed E-state index contributed by atoms with van der Waals surface area (Å²) in [6.45, 7) is 6.16. The Morgan fingerprint density at radius 2 is 1.77 bits per heavy atom. The number of hydrogen-bond acceptors (Lipinski definition) is 6. The fourth-order valence-corrected chi connectivity index (χ4v) is 4.79. The monoisotopic (exact) mass is 528 g/mol. The second-order valence-corrected chi connectivity index (χ2v) is 9.72. The first-order chi connectivity index (χ1) is 18.9. The summed E-state index contributed by atoms with van der Waals surface area (Å²) < 4.78 is 16.5. The average molecular weight is 529 g/mol. The van der Waals surface area contributed by atoms with E-state index in [2.05, 4.69) is 29.7 Å². The number of para-hydroxylation sites is 1. The van der Waals surface area contributed by atoms with Crippen molar-refractivity contribution in [1.29, 1.82) is 0 Å². The third-order valence-electron chi connectivity index (χ3n) is 7.03. The Labute approximate surface area is 230 Å². The van der Waals surface area contributed by atoms with Crippen LogP contribution in [0.15, 0.2) is 72.8 Å². The molecule has 1 unspecified atom stereocenters. The number of hydrogen-bond donors (Lipinski definition) is 2. The fourth-order valence-electron chi connectivity index (χ4n) is 4.79. The molecule has 0 aromatic heterocycles. The van der Waals surface area contributed by atoms with Gasteiger partial charge in [-0.05, 0) is 85.3 Å². The highest BCUT2D eigenvalue weighted by atomic mass is 16.6. The van der Waals surface area contributed by atoms with Gasteiger partial charge >= 0.3 is 5.97 Å². The topological polar surface area (TPSA) is 85.9 Å². The Kier molecular flexibility index (Phi) is 9.75. The first-order valence-corrected chi connectivity index (χ1v) is 13.3. The van der Waals surface area contributed by atoms with Crippen molar-refractivity contribution in [2.75, 3.05) is 25.5 Å². The lowest BCUT2D eigenvalue weighted by Gasteiger charge is -2.28. The quantitative estimate of drug-likeness (QED) is 0.192. The minimum atomic E-state index is -0.450. The van der Waals surface area contributed by atoms with Gasteiger partial charge in [-0.25, -0.2) is 0 Å². The van der Waals surface area contributed by atoms with Crippen LogP contribution >= 0.6 is 0 Å². The van der Waals surface area contributed by atoms with Crippen molar-refractivity contribution >= 4 is 23.6 Å². The number of anilines is 1. The van der Waals surface area contributed by atoms with E-state index in [-0.39, 0.29) is 5.91 Å². The lowest BCUT2D eigenvalue weighted by molar-refractivity contribution is -0.132. The fraction of sp³-hybridized carbons (Fsp3) is 0.312. The molecule has 4 rings (SSSR count). The van der Waals surface area contributed by atoms with Gasteiger partial charge in [-0.1, -0.05) is 43.3 Å². The lowest BCUT2D eigenvalue weighted by atomic mass is 9.82. The molecule has 1 aliphatic rings. The summed E-state index contributed by atoms with van der Waals surface area (Å²) in [5.41, 5.74) is 3.58. The van der Waals surface area contributed by atoms with E-state index in [0.29, 0.717) is 41.2 Å². The molecule has 1 fully saturated rings. The van der Waals surface area contributed by atoms with Gasteiger partial charge in [0.2, 0.25) is 5.91 Å². The van der Waals surface area contributed by atoms with Crippen molar-refractivity contribution in [1.82, 2.24) is 5.32 Å².